The van der Waals surface area contributed by atoms with E-state index in [1.54, 1.807) is 6.26 Å². The topological polar surface area (TPSA) is 16.4 Å². The monoisotopic (exact) mass is 222 g/mol. The van der Waals surface area contributed by atoms with Crippen molar-refractivity contribution in [2.75, 3.05) is 4.90 Å². The molecule has 0 aliphatic carbocycles. The molecule has 0 saturated carbocycles. The van der Waals surface area contributed by atoms with Crippen LogP contribution >= 0.6 is 0 Å². The van der Waals surface area contributed by atoms with Crippen LogP contribution in [0.2, 0.25) is 0 Å². The summed E-state index contributed by atoms with van der Waals surface area (Å²) in [5, 5.41) is 0. The first-order valence-corrected chi connectivity index (χ1v) is 5.68. The molecule has 0 atom stereocenters. The van der Waals surface area contributed by atoms with Crippen LogP contribution in [-0.4, -0.2) is 0 Å². The molecule has 2 aromatic rings. The Kier molecular flexibility index (Phi) is 1.47. The number of fused-ring (bicyclic) bond motifs is 5. The predicted octanol–water partition coefficient (Wildman–Crippen LogP) is 3.67. The Labute approximate surface area is 101 Å². The number of hydrogen-bond acceptors (Lipinski definition) is 2. The molecule has 0 bridgehead atoms. The zero-order valence-electron chi connectivity index (χ0n) is 10.2. The van der Waals surface area contributed by atoms with Crippen LogP contribution < -0.4 is 4.90 Å². The van der Waals surface area contributed by atoms with Crippen molar-refractivity contribution in [2.24, 2.45) is 0 Å². The second-order valence-corrected chi connectivity index (χ2v) is 4.27. The van der Waals surface area contributed by atoms with Crippen molar-refractivity contribution in [1.82, 2.24) is 0 Å². The Balaban J connectivity index is 1.92. The van der Waals surface area contributed by atoms with Crippen molar-refractivity contribution in [3.05, 3.63) is 65.7 Å². The highest BCUT2D eigenvalue weighted by molar-refractivity contribution is 5.91. The number of rotatable bonds is 0. The summed E-state index contributed by atoms with van der Waals surface area (Å²) in [4.78, 5) is 2.10. The Morgan fingerprint density at radius 1 is 1.29 bits per heavy atom. The lowest BCUT2D eigenvalue weighted by Crippen LogP contribution is -2.21. The Hall–Kier alpha value is -2.22. The second-order valence-electron chi connectivity index (χ2n) is 4.27. The number of benzene rings is 1. The van der Waals surface area contributed by atoms with Gasteiger partial charge in [-0.2, -0.15) is 0 Å². The number of anilines is 1. The largest absolute Gasteiger partial charge is 0.470 e. The molecule has 1 aromatic heterocycles. The van der Waals surface area contributed by atoms with Crippen LogP contribution in [-0.2, 0) is 6.42 Å². The third-order valence-electron chi connectivity index (χ3n) is 3.32. The minimum Gasteiger partial charge on any atom is -0.470 e. The van der Waals surface area contributed by atoms with Crippen molar-refractivity contribution in [3.63, 3.8) is 0 Å². The average Bonchev–Trinajstić information content (AvgIpc) is 2.80. The van der Waals surface area contributed by atoms with E-state index in [2.05, 4.69) is 35.3 Å². The molecule has 0 spiro atoms. The molecule has 0 N–H and O–H groups in total. The van der Waals surface area contributed by atoms with Crippen LogP contribution in [0.3, 0.4) is 0 Å². The van der Waals surface area contributed by atoms with E-state index in [4.69, 9.17) is 5.79 Å². The van der Waals surface area contributed by atoms with E-state index in [9.17, 15) is 0 Å². The quantitative estimate of drug-likeness (QED) is 0.676. The lowest BCUT2D eigenvalue weighted by Gasteiger charge is -2.31. The van der Waals surface area contributed by atoms with Crippen molar-refractivity contribution >= 4 is 17.5 Å². The van der Waals surface area contributed by atoms with Gasteiger partial charge in [-0.3, -0.25) is 0 Å². The Bertz CT molecular complexity index is 696. The van der Waals surface area contributed by atoms with Crippen LogP contribution in [0, 0.1) is 0 Å². The van der Waals surface area contributed by atoms with E-state index in [0.717, 1.165) is 17.7 Å². The van der Waals surface area contributed by atoms with Crippen LogP contribution in [0.4, 0.5) is 5.69 Å². The van der Waals surface area contributed by atoms with Crippen molar-refractivity contribution in [2.45, 2.75) is 6.42 Å². The highest BCUT2D eigenvalue weighted by atomic mass is 16.3. The van der Waals surface area contributed by atoms with Gasteiger partial charge in [0.15, 0.2) is 0 Å². The van der Waals surface area contributed by atoms with Gasteiger partial charge in [0, 0.05) is 23.0 Å². The SMILES string of the molecule is [2H]c1occ2c1CC=C1c3ccccc3C=CN12. The third-order valence-corrected chi connectivity index (χ3v) is 3.32. The Morgan fingerprint density at radius 3 is 3.24 bits per heavy atom. The first-order chi connectivity index (χ1) is 8.84. The fraction of sp³-hybridized carbons (Fsp3) is 0.0667. The molecule has 82 valence electrons. The number of nitrogens with zero attached hydrogens (tertiary/aromatic N) is 1. The highest BCUT2D eigenvalue weighted by Crippen LogP contribution is 2.39. The smallest absolute Gasteiger partial charge is 0.115 e. The minimum atomic E-state index is 0.271. The maximum absolute atomic E-state index is 7.73. The maximum Gasteiger partial charge on any atom is 0.115 e. The summed E-state index contributed by atoms with van der Waals surface area (Å²) in [5.74, 6) is 0. The molecule has 1 aromatic carbocycles. The predicted molar refractivity (Wildman–Crippen MR) is 68.3 cm³/mol. The molecule has 0 unspecified atom stereocenters. The molecule has 0 saturated heterocycles. The Morgan fingerprint density at radius 2 is 2.24 bits per heavy atom. The summed E-state index contributed by atoms with van der Waals surface area (Å²) in [5.41, 5.74) is 5.60. The molecule has 2 nitrogen and oxygen atoms in total. The molecular weight excluding hydrogens is 210 g/mol. The van der Waals surface area contributed by atoms with E-state index >= 15 is 0 Å². The third kappa shape index (κ3) is 1.15. The average molecular weight is 222 g/mol. The molecule has 0 radical (unpaired) electrons. The molecule has 2 aliphatic rings. The van der Waals surface area contributed by atoms with Gasteiger partial charge in [0.2, 0.25) is 0 Å². The fourth-order valence-corrected chi connectivity index (χ4v) is 2.49. The maximum atomic E-state index is 7.73. The van der Waals surface area contributed by atoms with Crippen molar-refractivity contribution in [3.8, 4) is 0 Å². The standard InChI is InChI=1S/C15H11NO/c1-2-4-13-11(3-1)7-8-16-14(13)6-5-12-9-17-10-15(12)16/h1-4,6-10H,5H2/i9D. The summed E-state index contributed by atoms with van der Waals surface area (Å²) in [6.07, 6.45) is 9.01. The molecule has 3 heterocycles. The molecule has 0 fully saturated rings. The van der Waals surface area contributed by atoms with Gasteiger partial charge in [0.25, 0.3) is 0 Å². The van der Waals surface area contributed by atoms with E-state index in [1.807, 2.05) is 12.3 Å². The minimum absolute atomic E-state index is 0.271. The second kappa shape index (κ2) is 3.14. The van der Waals surface area contributed by atoms with E-state index in [-0.39, 0.29) is 6.24 Å². The zero-order chi connectivity index (χ0) is 12.1. The van der Waals surface area contributed by atoms with Gasteiger partial charge in [-0.1, -0.05) is 30.3 Å². The molecule has 4 rings (SSSR count). The van der Waals surface area contributed by atoms with Gasteiger partial charge in [0.05, 0.1) is 11.9 Å². The normalized spacial score (nSPS) is 16.8. The van der Waals surface area contributed by atoms with Crippen LogP contribution in [0.5, 0.6) is 0 Å². The molecule has 0 amide bonds. The number of hydrogen-bond donors (Lipinski definition) is 0. The summed E-state index contributed by atoms with van der Waals surface area (Å²) < 4.78 is 12.9. The lowest BCUT2D eigenvalue weighted by atomic mass is 9.96. The van der Waals surface area contributed by atoms with Gasteiger partial charge in [0.1, 0.15) is 7.63 Å². The fourth-order valence-electron chi connectivity index (χ4n) is 2.49. The molecular formula is C15H11NO. The molecule has 2 heteroatoms. The summed E-state index contributed by atoms with van der Waals surface area (Å²) in [7, 11) is 0. The molecule has 17 heavy (non-hydrogen) atoms. The first kappa shape index (κ1) is 7.96. The summed E-state index contributed by atoms with van der Waals surface area (Å²) >= 11 is 0. The van der Waals surface area contributed by atoms with Gasteiger partial charge in [-0.15, -0.1) is 0 Å². The van der Waals surface area contributed by atoms with Crippen LogP contribution in [0.15, 0.2) is 53.5 Å². The van der Waals surface area contributed by atoms with Gasteiger partial charge in [-0.25, -0.2) is 0 Å². The van der Waals surface area contributed by atoms with Crippen molar-refractivity contribution < 1.29 is 5.79 Å². The van der Waals surface area contributed by atoms with Crippen LogP contribution in [0.1, 0.15) is 18.1 Å². The zero-order valence-corrected chi connectivity index (χ0v) is 9.18. The summed E-state index contributed by atoms with van der Waals surface area (Å²) in [6.45, 7) is 0. The van der Waals surface area contributed by atoms with E-state index in [1.165, 1.54) is 16.8 Å². The summed E-state index contributed by atoms with van der Waals surface area (Å²) in [6, 6.07) is 8.35. The molecule has 2 aliphatic heterocycles. The van der Waals surface area contributed by atoms with Crippen LogP contribution in [0.25, 0.3) is 11.8 Å². The highest BCUT2D eigenvalue weighted by Gasteiger charge is 2.24. The number of allylic oxidation sites excluding steroid dienone is 1. The van der Waals surface area contributed by atoms with Gasteiger partial charge >= 0.3 is 0 Å². The van der Waals surface area contributed by atoms with Crippen molar-refractivity contribution in [1.29, 1.82) is 0 Å². The number of furan rings is 1. The first-order valence-electron chi connectivity index (χ1n) is 6.18. The lowest BCUT2D eigenvalue weighted by molar-refractivity contribution is 0.565. The van der Waals surface area contributed by atoms with E-state index < -0.39 is 0 Å². The van der Waals surface area contributed by atoms with E-state index in [0.29, 0.717) is 0 Å². The van der Waals surface area contributed by atoms with Gasteiger partial charge in [-0.05, 0) is 18.1 Å². The van der Waals surface area contributed by atoms with Gasteiger partial charge < -0.3 is 9.32 Å².